The van der Waals surface area contributed by atoms with Crippen LogP contribution < -0.4 is 14.2 Å². The van der Waals surface area contributed by atoms with Crippen molar-refractivity contribution < 1.29 is 71.7 Å². The van der Waals surface area contributed by atoms with E-state index in [-0.39, 0.29) is 17.4 Å². The maximum absolute atomic E-state index is 13.2. The molecule has 218 valence electrons. The van der Waals surface area contributed by atoms with Gasteiger partial charge in [-0.3, -0.25) is 4.79 Å². The van der Waals surface area contributed by atoms with Gasteiger partial charge >= 0.3 is 30.3 Å². The van der Waals surface area contributed by atoms with E-state index in [4.69, 9.17) is 0 Å². The highest BCUT2D eigenvalue weighted by atomic mass is 19.4. The van der Waals surface area contributed by atoms with Crippen LogP contribution in [-0.2, 0) is 17.6 Å². The maximum atomic E-state index is 13.2. The highest BCUT2D eigenvalue weighted by Crippen LogP contribution is 2.37. The summed E-state index contributed by atoms with van der Waals surface area (Å²) in [5.41, 5.74) is 0.227. The molecule has 0 aliphatic heterocycles. The number of aromatic nitrogens is 2. The van der Waals surface area contributed by atoms with E-state index in [1.807, 2.05) is 0 Å². The second-order valence-corrected chi connectivity index (χ2v) is 7.89. The molecule has 0 spiro atoms. The predicted octanol–water partition coefficient (Wildman–Crippen LogP) is 5.98. The van der Waals surface area contributed by atoms with Gasteiger partial charge < -0.3 is 14.2 Å². The molecule has 0 radical (unpaired) electrons. The van der Waals surface area contributed by atoms with Gasteiger partial charge in [-0.15, -0.1) is 0 Å². The van der Waals surface area contributed by atoms with Gasteiger partial charge in [0.1, 0.15) is 17.4 Å². The Bertz CT molecular complexity index is 1080. The minimum Gasteiger partial charge on any atom is -0.471 e. The molecular formula is C21H16F12N2O4. The van der Waals surface area contributed by atoms with Crippen molar-refractivity contribution in [2.75, 3.05) is 13.2 Å². The molecule has 6 nitrogen and oxygen atoms in total. The average molecular weight is 588 g/mol. The second kappa shape index (κ2) is 11.3. The summed E-state index contributed by atoms with van der Waals surface area (Å²) in [6.45, 7) is -4.23. The first kappa shape index (κ1) is 31.7. The van der Waals surface area contributed by atoms with E-state index >= 15 is 0 Å². The van der Waals surface area contributed by atoms with Gasteiger partial charge in [-0.25, -0.2) is 0 Å². The summed E-state index contributed by atoms with van der Waals surface area (Å²) in [7, 11) is 0. The van der Waals surface area contributed by atoms with Crippen LogP contribution in [-0.4, -0.2) is 59.3 Å². The average Bonchev–Trinajstić information content (AvgIpc) is 2.75. The van der Waals surface area contributed by atoms with E-state index in [1.54, 1.807) is 0 Å². The van der Waals surface area contributed by atoms with Crippen LogP contribution in [0.25, 0.3) is 0 Å². The van der Waals surface area contributed by atoms with Crippen LogP contribution in [0.15, 0.2) is 30.3 Å². The van der Waals surface area contributed by atoms with E-state index < -0.39 is 79.7 Å². The first-order valence-corrected chi connectivity index (χ1v) is 10.3. The van der Waals surface area contributed by atoms with Crippen molar-refractivity contribution in [1.82, 2.24) is 9.97 Å². The molecular weight excluding hydrogens is 572 g/mol. The molecule has 1 aromatic carbocycles. The number of rotatable bonds is 12. The lowest BCUT2D eigenvalue weighted by Gasteiger charge is -2.21. The quantitative estimate of drug-likeness (QED) is 0.285. The van der Waals surface area contributed by atoms with E-state index in [2.05, 4.69) is 24.2 Å². The SMILES string of the molecule is CC(F)(F)Oc1ccc(CC(=O)Cc2nc(OCC(F)(F)C(F)(F)F)cc(OCC(F)(F)C(F)(F)F)n2)cc1. The van der Waals surface area contributed by atoms with Crippen molar-refractivity contribution in [1.29, 1.82) is 0 Å². The smallest absolute Gasteiger partial charge is 0.456 e. The molecule has 0 aliphatic rings. The Kier molecular flexibility index (Phi) is 9.22. The van der Waals surface area contributed by atoms with Gasteiger partial charge in [-0.05, 0) is 17.7 Å². The van der Waals surface area contributed by atoms with Crippen LogP contribution in [0.4, 0.5) is 52.7 Å². The van der Waals surface area contributed by atoms with Crippen molar-refractivity contribution in [2.45, 2.75) is 50.1 Å². The van der Waals surface area contributed by atoms with Crippen molar-refractivity contribution >= 4 is 5.78 Å². The number of hydrogen-bond acceptors (Lipinski definition) is 6. The Balaban J connectivity index is 2.22. The lowest BCUT2D eigenvalue weighted by Crippen LogP contribution is -2.42. The maximum Gasteiger partial charge on any atom is 0.456 e. The van der Waals surface area contributed by atoms with Crippen molar-refractivity contribution in [3.05, 3.63) is 41.7 Å². The number of benzene rings is 1. The van der Waals surface area contributed by atoms with Gasteiger partial charge in [0.2, 0.25) is 11.8 Å². The topological polar surface area (TPSA) is 70.5 Å². The first-order valence-electron chi connectivity index (χ1n) is 10.3. The van der Waals surface area contributed by atoms with E-state index in [0.717, 1.165) is 12.1 Å². The molecule has 39 heavy (non-hydrogen) atoms. The second-order valence-electron chi connectivity index (χ2n) is 7.89. The molecule has 1 aromatic heterocycles. The fourth-order valence-electron chi connectivity index (χ4n) is 2.52. The van der Waals surface area contributed by atoms with Gasteiger partial charge in [-0.1, -0.05) is 12.1 Å². The van der Waals surface area contributed by atoms with Crippen LogP contribution in [0.3, 0.4) is 0 Å². The minimum absolute atomic E-state index is 0.227. The normalized spacial score (nSPS) is 13.3. The molecule has 0 N–H and O–H groups in total. The molecule has 0 amide bonds. The zero-order chi connectivity index (χ0) is 29.9. The fourth-order valence-corrected chi connectivity index (χ4v) is 2.52. The number of hydrogen-bond donors (Lipinski definition) is 0. The first-order chi connectivity index (χ1) is 17.6. The Morgan fingerprint density at radius 3 is 1.54 bits per heavy atom. The molecule has 18 heteroatoms. The molecule has 2 rings (SSSR count). The van der Waals surface area contributed by atoms with Gasteiger partial charge in [0.15, 0.2) is 13.2 Å². The Morgan fingerprint density at radius 2 is 1.15 bits per heavy atom. The largest absolute Gasteiger partial charge is 0.471 e. The van der Waals surface area contributed by atoms with E-state index in [0.29, 0.717) is 6.92 Å². The van der Waals surface area contributed by atoms with Gasteiger partial charge in [0, 0.05) is 13.3 Å². The molecule has 0 fully saturated rings. The summed E-state index contributed by atoms with van der Waals surface area (Å²) in [6.07, 6.45) is -16.9. The third kappa shape index (κ3) is 9.65. The number of ether oxygens (including phenoxy) is 3. The number of ketones is 1. The van der Waals surface area contributed by atoms with Crippen molar-refractivity contribution in [3.63, 3.8) is 0 Å². The Morgan fingerprint density at radius 1 is 0.718 bits per heavy atom. The van der Waals surface area contributed by atoms with Crippen LogP contribution in [0, 0.1) is 0 Å². The third-order valence-corrected chi connectivity index (χ3v) is 4.33. The van der Waals surface area contributed by atoms with Crippen molar-refractivity contribution in [3.8, 4) is 17.5 Å². The van der Waals surface area contributed by atoms with Gasteiger partial charge in [0.05, 0.1) is 12.5 Å². The number of carbonyl (C=O) groups excluding carboxylic acids is 1. The van der Waals surface area contributed by atoms with Crippen molar-refractivity contribution in [2.24, 2.45) is 0 Å². The summed E-state index contributed by atoms with van der Waals surface area (Å²) in [5, 5.41) is 0. The van der Waals surface area contributed by atoms with E-state index in [1.165, 1.54) is 12.1 Å². The highest BCUT2D eigenvalue weighted by molar-refractivity contribution is 5.82. The molecule has 0 atom stereocenters. The molecule has 0 saturated carbocycles. The number of Topliss-reactive ketones (excluding diaryl/α,β-unsaturated/α-hetero) is 1. The van der Waals surface area contributed by atoms with Crippen LogP contribution in [0.5, 0.6) is 17.5 Å². The number of halogens is 12. The van der Waals surface area contributed by atoms with Gasteiger partial charge in [-0.2, -0.15) is 62.7 Å². The molecule has 0 bridgehead atoms. The summed E-state index contributed by atoms with van der Waals surface area (Å²) in [5.74, 6) is -14.9. The van der Waals surface area contributed by atoms with Crippen LogP contribution in [0.1, 0.15) is 18.3 Å². The molecule has 1 heterocycles. The zero-order valence-corrected chi connectivity index (χ0v) is 19.3. The number of nitrogens with zero attached hydrogens (tertiary/aromatic N) is 2. The Hall–Kier alpha value is -3.47. The minimum atomic E-state index is -6.06. The monoisotopic (exact) mass is 588 g/mol. The Labute approximate surface area is 210 Å². The van der Waals surface area contributed by atoms with Crippen LogP contribution in [0.2, 0.25) is 0 Å². The standard InChI is InChI=1S/C21H16F12N2O4/c1-17(22,23)39-13-4-2-11(3-5-13)6-12(36)7-14-34-15(37-9-18(24,25)20(28,29)30)8-16(35-14)38-10-19(26,27)21(31,32)33/h2-5,8H,6-7,9-10H2,1H3. The lowest BCUT2D eigenvalue weighted by atomic mass is 10.1. The van der Waals surface area contributed by atoms with Crippen LogP contribution >= 0.6 is 0 Å². The molecule has 0 unspecified atom stereocenters. The highest BCUT2D eigenvalue weighted by Gasteiger charge is 2.59. The zero-order valence-electron chi connectivity index (χ0n) is 19.3. The molecule has 0 saturated heterocycles. The third-order valence-electron chi connectivity index (χ3n) is 4.33. The number of carbonyl (C=O) groups is 1. The van der Waals surface area contributed by atoms with Gasteiger partial charge in [0.25, 0.3) is 0 Å². The summed E-state index contributed by atoms with van der Waals surface area (Å²) >= 11 is 0. The summed E-state index contributed by atoms with van der Waals surface area (Å²) < 4.78 is 165. The predicted molar refractivity (Wildman–Crippen MR) is 105 cm³/mol. The molecule has 0 aliphatic carbocycles. The number of alkyl halides is 12. The molecule has 2 aromatic rings. The lowest BCUT2D eigenvalue weighted by molar-refractivity contribution is -0.290. The van der Waals surface area contributed by atoms with E-state index in [9.17, 15) is 57.5 Å². The summed E-state index contributed by atoms with van der Waals surface area (Å²) in [6, 6.07) is 4.89. The fraction of sp³-hybridized carbons (Fsp3) is 0.476. The summed E-state index contributed by atoms with van der Waals surface area (Å²) in [4.78, 5) is 19.2.